The number of carbonyl (C=O) groups excluding carboxylic acids is 1. The van der Waals surface area contributed by atoms with Gasteiger partial charge in [-0.2, -0.15) is 0 Å². The average molecular weight is 183 g/mol. The standard InChI is InChI=1S/C10H17NO2/c1-3-4-10(12)11-8(2)9-5-6-13-7-9/h3-4,8-9H,5-7H2,1-2H3,(H,11,12)/b4-3+. The normalized spacial score (nSPS) is 24.9. The Kier molecular flexibility index (Phi) is 3.96. The van der Waals surface area contributed by atoms with Gasteiger partial charge in [-0.3, -0.25) is 4.79 Å². The van der Waals surface area contributed by atoms with Crippen LogP contribution in [-0.2, 0) is 9.53 Å². The van der Waals surface area contributed by atoms with Crippen molar-refractivity contribution in [3.05, 3.63) is 12.2 Å². The highest BCUT2D eigenvalue weighted by Crippen LogP contribution is 2.16. The summed E-state index contributed by atoms with van der Waals surface area (Å²) in [7, 11) is 0. The molecule has 2 unspecified atom stereocenters. The van der Waals surface area contributed by atoms with E-state index in [-0.39, 0.29) is 11.9 Å². The van der Waals surface area contributed by atoms with Gasteiger partial charge in [-0.15, -0.1) is 0 Å². The van der Waals surface area contributed by atoms with Crippen molar-refractivity contribution < 1.29 is 9.53 Å². The number of allylic oxidation sites excluding steroid dienone is 1. The van der Waals surface area contributed by atoms with E-state index in [1.165, 1.54) is 0 Å². The van der Waals surface area contributed by atoms with Gasteiger partial charge in [0.2, 0.25) is 5.91 Å². The van der Waals surface area contributed by atoms with Crippen molar-refractivity contribution in [2.45, 2.75) is 26.3 Å². The Morgan fingerprint density at radius 3 is 3.00 bits per heavy atom. The number of ether oxygens (including phenoxy) is 1. The average Bonchev–Trinajstić information content (AvgIpc) is 2.55. The second-order valence-corrected chi connectivity index (χ2v) is 3.42. The van der Waals surface area contributed by atoms with Crippen LogP contribution in [0.2, 0.25) is 0 Å². The molecule has 1 N–H and O–H groups in total. The summed E-state index contributed by atoms with van der Waals surface area (Å²) in [6.45, 7) is 5.47. The Bertz CT molecular complexity index is 195. The molecular weight excluding hydrogens is 166 g/mol. The summed E-state index contributed by atoms with van der Waals surface area (Å²) >= 11 is 0. The zero-order chi connectivity index (χ0) is 9.68. The first-order chi connectivity index (χ1) is 6.24. The van der Waals surface area contributed by atoms with E-state index in [0.717, 1.165) is 19.6 Å². The van der Waals surface area contributed by atoms with Crippen LogP contribution in [0.25, 0.3) is 0 Å². The highest BCUT2D eigenvalue weighted by Gasteiger charge is 2.22. The molecule has 0 bridgehead atoms. The third kappa shape index (κ3) is 3.19. The van der Waals surface area contributed by atoms with Crippen LogP contribution in [0.3, 0.4) is 0 Å². The van der Waals surface area contributed by atoms with Crippen molar-refractivity contribution in [2.24, 2.45) is 5.92 Å². The first kappa shape index (κ1) is 10.3. The van der Waals surface area contributed by atoms with Gasteiger partial charge in [0.25, 0.3) is 0 Å². The second-order valence-electron chi connectivity index (χ2n) is 3.42. The number of amides is 1. The molecule has 1 heterocycles. The monoisotopic (exact) mass is 183 g/mol. The van der Waals surface area contributed by atoms with E-state index in [0.29, 0.717) is 5.92 Å². The van der Waals surface area contributed by atoms with Gasteiger partial charge in [0.1, 0.15) is 0 Å². The minimum absolute atomic E-state index is 0.0121. The number of carbonyl (C=O) groups is 1. The van der Waals surface area contributed by atoms with Gasteiger partial charge in [-0.25, -0.2) is 0 Å². The quantitative estimate of drug-likeness (QED) is 0.665. The van der Waals surface area contributed by atoms with Gasteiger partial charge in [0.15, 0.2) is 0 Å². The van der Waals surface area contributed by atoms with Gasteiger partial charge < -0.3 is 10.1 Å². The summed E-state index contributed by atoms with van der Waals surface area (Å²) in [5.41, 5.74) is 0. The van der Waals surface area contributed by atoms with Crippen LogP contribution in [0.15, 0.2) is 12.2 Å². The molecule has 0 aromatic rings. The van der Waals surface area contributed by atoms with E-state index in [9.17, 15) is 4.79 Å². The molecule has 0 aromatic heterocycles. The zero-order valence-electron chi connectivity index (χ0n) is 8.25. The largest absolute Gasteiger partial charge is 0.381 e. The summed E-state index contributed by atoms with van der Waals surface area (Å²) in [6.07, 6.45) is 4.34. The minimum Gasteiger partial charge on any atom is -0.381 e. The lowest BCUT2D eigenvalue weighted by Gasteiger charge is -2.17. The highest BCUT2D eigenvalue weighted by atomic mass is 16.5. The molecule has 0 aromatic carbocycles. The molecule has 1 rings (SSSR count). The molecule has 13 heavy (non-hydrogen) atoms. The van der Waals surface area contributed by atoms with E-state index in [1.54, 1.807) is 12.2 Å². The van der Waals surface area contributed by atoms with Crippen LogP contribution < -0.4 is 5.32 Å². The Morgan fingerprint density at radius 2 is 2.46 bits per heavy atom. The molecule has 0 saturated carbocycles. The first-order valence-electron chi connectivity index (χ1n) is 4.75. The van der Waals surface area contributed by atoms with E-state index in [1.807, 2.05) is 13.8 Å². The predicted octanol–water partition coefficient (Wildman–Crippen LogP) is 1.10. The van der Waals surface area contributed by atoms with Crippen LogP contribution in [0.5, 0.6) is 0 Å². The van der Waals surface area contributed by atoms with Crippen LogP contribution in [0, 0.1) is 5.92 Å². The van der Waals surface area contributed by atoms with E-state index in [2.05, 4.69) is 5.32 Å². The van der Waals surface area contributed by atoms with Gasteiger partial charge in [-0.05, 0) is 26.3 Å². The van der Waals surface area contributed by atoms with E-state index in [4.69, 9.17) is 4.74 Å². The molecule has 1 fully saturated rings. The van der Waals surface area contributed by atoms with E-state index < -0.39 is 0 Å². The lowest BCUT2D eigenvalue weighted by atomic mass is 10.0. The molecule has 2 atom stereocenters. The molecular formula is C10H17NO2. The van der Waals surface area contributed by atoms with Crippen molar-refractivity contribution in [2.75, 3.05) is 13.2 Å². The summed E-state index contributed by atoms with van der Waals surface area (Å²) in [6, 6.07) is 0.214. The van der Waals surface area contributed by atoms with E-state index >= 15 is 0 Å². The molecule has 0 radical (unpaired) electrons. The van der Waals surface area contributed by atoms with Gasteiger partial charge in [-0.1, -0.05) is 6.08 Å². The summed E-state index contributed by atoms with van der Waals surface area (Å²) in [5.74, 6) is 0.469. The third-order valence-corrected chi connectivity index (χ3v) is 2.36. The maximum absolute atomic E-state index is 11.2. The van der Waals surface area contributed by atoms with Crippen LogP contribution in [-0.4, -0.2) is 25.2 Å². The molecule has 3 heteroatoms. The Hall–Kier alpha value is -0.830. The van der Waals surface area contributed by atoms with Crippen LogP contribution in [0.1, 0.15) is 20.3 Å². The fourth-order valence-corrected chi connectivity index (χ4v) is 1.49. The second kappa shape index (κ2) is 5.02. The number of hydrogen-bond acceptors (Lipinski definition) is 2. The summed E-state index contributed by atoms with van der Waals surface area (Å²) < 4.78 is 5.25. The number of hydrogen-bond donors (Lipinski definition) is 1. The lowest BCUT2D eigenvalue weighted by Crippen LogP contribution is -2.37. The Labute approximate surface area is 79.2 Å². The molecule has 0 spiro atoms. The third-order valence-electron chi connectivity index (χ3n) is 2.36. The Morgan fingerprint density at radius 1 is 1.69 bits per heavy atom. The van der Waals surface area contributed by atoms with Gasteiger partial charge >= 0.3 is 0 Å². The summed E-state index contributed by atoms with van der Waals surface area (Å²) in [4.78, 5) is 11.2. The molecule has 1 amide bonds. The molecule has 1 aliphatic rings. The van der Waals surface area contributed by atoms with Crippen LogP contribution >= 0.6 is 0 Å². The van der Waals surface area contributed by atoms with Crippen molar-refractivity contribution in [1.29, 1.82) is 0 Å². The van der Waals surface area contributed by atoms with Crippen molar-refractivity contribution in [3.8, 4) is 0 Å². The van der Waals surface area contributed by atoms with Gasteiger partial charge in [0.05, 0.1) is 6.61 Å². The van der Waals surface area contributed by atoms with Crippen molar-refractivity contribution in [3.63, 3.8) is 0 Å². The molecule has 3 nitrogen and oxygen atoms in total. The molecule has 74 valence electrons. The fourth-order valence-electron chi connectivity index (χ4n) is 1.49. The molecule has 0 aliphatic carbocycles. The minimum atomic E-state index is -0.0121. The maximum Gasteiger partial charge on any atom is 0.243 e. The number of rotatable bonds is 3. The first-order valence-corrected chi connectivity index (χ1v) is 4.75. The van der Waals surface area contributed by atoms with Crippen LogP contribution in [0.4, 0.5) is 0 Å². The Balaban J connectivity index is 2.30. The maximum atomic E-state index is 11.2. The fraction of sp³-hybridized carbons (Fsp3) is 0.700. The molecule has 1 aliphatic heterocycles. The van der Waals surface area contributed by atoms with Gasteiger partial charge in [0, 0.05) is 18.6 Å². The highest BCUT2D eigenvalue weighted by molar-refractivity contribution is 5.87. The predicted molar refractivity (Wildman–Crippen MR) is 51.3 cm³/mol. The summed E-state index contributed by atoms with van der Waals surface area (Å²) in [5, 5.41) is 2.92. The van der Waals surface area contributed by atoms with Crippen molar-refractivity contribution >= 4 is 5.91 Å². The molecule has 1 saturated heterocycles. The number of nitrogens with one attached hydrogen (secondary N) is 1. The topological polar surface area (TPSA) is 38.3 Å². The lowest BCUT2D eigenvalue weighted by molar-refractivity contribution is -0.117. The zero-order valence-corrected chi connectivity index (χ0v) is 8.25. The SMILES string of the molecule is C/C=C/C(=O)NC(C)C1CCOC1. The van der Waals surface area contributed by atoms with Crippen molar-refractivity contribution in [1.82, 2.24) is 5.32 Å². The smallest absolute Gasteiger partial charge is 0.243 e.